The zero-order valence-corrected chi connectivity index (χ0v) is 26.2. The molecular formula is C33H44O5SSi. The second kappa shape index (κ2) is 12.7. The van der Waals surface area contributed by atoms with E-state index in [-0.39, 0.29) is 17.6 Å². The molecule has 0 radical (unpaired) electrons. The molecule has 1 unspecified atom stereocenters. The predicted molar refractivity (Wildman–Crippen MR) is 165 cm³/mol. The standard InChI is InChI=1S/C33H44O5SSi/c1-6-32-31(34)23-28(39(35,36)27-20-17-25(2)18-21-27)22-19-26(38-32)24-37-40(33(3,4)5,29-13-9-7-10-14-29)30-15-11-8-12-16-30/h7-18,20-21,26,28,31-32,34H,6,19,22-24H2,1-5H3/t26-,28?,31+,32-/m1/s1. The Bertz CT molecular complexity index is 1280. The minimum atomic E-state index is -3.61. The zero-order valence-electron chi connectivity index (χ0n) is 24.4. The maximum Gasteiger partial charge on any atom is 0.261 e. The molecule has 7 heteroatoms. The molecule has 0 aromatic heterocycles. The van der Waals surface area contributed by atoms with Gasteiger partial charge < -0.3 is 14.3 Å². The van der Waals surface area contributed by atoms with Crippen molar-refractivity contribution < 1.29 is 22.7 Å². The molecule has 0 bridgehead atoms. The van der Waals surface area contributed by atoms with Crippen LogP contribution >= 0.6 is 0 Å². The Labute approximate surface area is 241 Å². The van der Waals surface area contributed by atoms with Gasteiger partial charge in [-0.3, -0.25) is 0 Å². The largest absolute Gasteiger partial charge is 0.405 e. The summed E-state index contributed by atoms with van der Waals surface area (Å²) in [6.07, 6.45) is 0.0350. The number of hydrogen-bond donors (Lipinski definition) is 1. The summed E-state index contributed by atoms with van der Waals surface area (Å²) in [6, 6.07) is 27.9. The number of aliphatic hydroxyl groups excluding tert-OH is 1. The van der Waals surface area contributed by atoms with Gasteiger partial charge in [-0.15, -0.1) is 0 Å². The number of aliphatic hydroxyl groups is 1. The molecule has 0 spiro atoms. The lowest BCUT2D eigenvalue weighted by Gasteiger charge is -2.44. The van der Waals surface area contributed by atoms with Crippen LogP contribution < -0.4 is 10.4 Å². The van der Waals surface area contributed by atoms with E-state index in [9.17, 15) is 13.5 Å². The van der Waals surface area contributed by atoms with Gasteiger partial charge in [0.15, 0.2) is 9.84 Å². The first-order valence-corrected chi connectivity index (χ1v) is 17.8. The van der Waals surface area contributed by atoms with Gasteiger partial charge in [-0.2, -0.15) is 0 Å². The first-order chi connectivity index (χ1) is 19.0. The van der Waals surface area contributed by atoms with Gasteiger partial charge >= 0.3 is 0 Å². The van der Waals surface area contributed by atoms with Crippen molar-refractivity contribution in [1.82, 2.24) is 0 Å². The molecule has 4 rings (SSSR count). The van der Waals surface area contributed by atoms with Gasteiger partial charge in [0, 0.05) is 0 Å². The number of rotatable bonds is 8. The molecule has 0 amide bonds. The van der Waals surface area contributed by atoms with E-state index in [4.69, 9.17) is 9.16 Å². The molecule has 4 atom stereocenters. The maximum atomic E-state index is 13.7. The Morgan fingerprint density at radius 3 is 1.95 bits per heavy atom. The highest BCUT2D eigenvalue weighted by atomic mass is 32.2. The quantitative estimate of drug-likeness (QED) is 0.360. The lowest BCUT2D eigenvalue weighted by Crippen LogP contribution is -2.67. The molecule has 5 nitrogen and oxygen atoms in total. The molecule has 1 aliphatic heterocycles. The third kappa shape index (κ3) is 6.44. The van der Waals surface area contributed by atoms with Gasteiger partial charge in [0.2, 0.25) is 0 Å². The van der Waals surface area contributed by atoms with Crippen molar-refractivity contribution in [3.63, 3.8) is 0 Å². The van der Waals surface area contributed by atoms with Gasteiger partial charge in [0.05, 0.1) is 35.1 Å². The number of hydrogen-bond acceptors (Lipinski definition) is 5. The summed E-state index contributed by atoms with van der Waals surface area (Å²) in [7, 11) is -6.39. The van der Waals surface area contributed by atoms with Crippen LogP contribution in [0.2, 0.25) is 5.04 Å². The highest BCUT2D eigenvalue weighted by Gasteiger charge is 2.50. The first-order valence-electron chi connectivity index (χ1n) is 14.4. The lowest BCUT2D eigenvalue weighted by molar-refractivity contribution is -0.103. The monoisotopic (exact) mass is 580 g/mol. The molecule has 1 saturated heterocycles. The number of benzene rings is 3. The summed E-state index contributed by atoms with van der Waals surface area (Å²) in [5, 5.41) is 12.6. The van der Waals surface area contributed by atoms with Crippen LogP contribution in [0.1, 0.15) is 58.9 Å². The second-order valence-electron chi connectivity index (χ2n) is 12.0. The molecule has 0 aliphatic carbocycles. The van der Waals surface area contributed by atoms with E-state index in [0.717, 1.165) is 5.56 Å². The van der Waals surface area contributed by atoms with Crippen LogP contribution in [0.3, 0.4) is 0 Å². The Kier molecular flexibility index (Phi) is 9.73. The van der Waals surface area contributed by atoms with Gasteiger partial charge in [0.25, 0.3) is 8.32 Å². The molecule has 1 aliphatic rings. The molecule has 216 valence electrons. The Morgan fingerprint density at radius 2 is 1.45 bits per heavy atom. The van der Waals surface area contributed by atoms with E-state index >= 15 is 0 Å². The van der Waals surface area contributed by atoms with Gasteiger partial charge in [-0.1, -0.05) is 106 Å². The van der Waals surface area contributed by atoms with Crippen LogP contribution in [0.5, 0.6) is 0 Å². The molecule has 3 aromatic rings. The summed E-state index contributed by atoms with van der Waals surface area (Å²) < 4.78 is 40.9. The highest BCUT2D eigenvalue weighted by Crippen LogP contribution is 2.37. The third-order valence-corrected chi connectivity index (χ3v) is 15.4. The van der Waals surface area contributed by atoms with E-state index in [2.05, 4.69) is 69.3 Å². The smallest absolute Gasteiger partial charge is 0.261 e. The third-order valence-electron chi connectivity index (χ3n) is 8.20. The van der Waals surface area contributed by atoms with Crippen molar-refractivity contribution in [3.05, 3.63) is 90.5 Å². The van der Waals surface area contributed by atoms with Crippen molar-refractivity contribution in [3.8, 4) is 0 Å². The topological polar surface area (TPSA) is 72.8 Å². The number of ether oxygens (including phenoxy) is 1. The summed E-state index contributed by atoms with van der Waals surface area (Å²) in [4.78, 5) is 0.310. The van der Waals surface area contributed by atoms with Gasteiger partial charge in [-0.05, 0) is 60.2 Å². The highest BCUT2D eigenvalue weighted by molar-refractivity contribution is 7.92. The summed E-state index contributed by atoms with van der Waals surface area (Å²) in [5.74, 6) is 0. The summed E-state index contributed by atoms with van der Waals surface area (Å²) in [6.45, 7) is 10.9. The van der Waals surface area contributed by atoms with Gasteiger partial charge in [-0.25, -0.2) is 8.42 Å². The second-order valence-corrected chi connectivity index (χ2v) is 18.6. The van der Waals surface area contributed by atoms with Crippen LogP contribution in [0, 0.1) is 6.92 Å². The van der Waals surface area contributed by atoms with Crippen LogP contribution in [0.25, 0.3) is 0 Å². The van der Waals surface area contributed by atoms with Crippen molar-refractivity contribution in [2.45, 2.75) is 93.8 Å². The van der Waals surface area contributed by atoms with Crippen LogP contribution in [-0.2, 0) is 19.0 Å². The average molecular weight is 581 g/mol. The van der Waals surface area contributed by atoms with E-state index in [0.29, 0.717) is 30.8 Å². The number of sulfone groups is 1. The Balaban J connectivity index is 1.65. The maximum absolute atomic E-state index is 13.7. The van der Waals surface area contributed by atoms with Crippen LogP contribution in [0.4, 0.5) is 0 Å². The minimum Gasteiger partial charge on any atom is -0.405 e. The number of aryl methyl sites for hydroxylation is 1. The van der Waals surface area contributed by atoms with Crippen molar-refractivity contribution in [1.29, 1.82) is 0 Å². The predicted octanol–water partition coefficient (Wildman–Crippen LogP) is 5.42. The molecule has 1 fully saturated rings. The molecule has 1 heterocycles. The Morgan fingerprint density at radius 1 is 0.900 bits per heavy atom. The van der Waals surface area contributed by atoms with Crippen LogP contribution in [0.15, 0.2) is 89.8 Å². The van der Waals surface area contributed by atoms with E-state index in [1.54, 1.807) is 12.1 Å². The first kappa shape index (κ1) is 30.7. The lowest BCUT2D eigenvalue weighted by atomic mass is 9.99. The van der Waals surface area contributed by atoms with Gasteiger partial charge in [0.1, 0.15) is 0 Å². The molecule has 40 heavy (non-hydrogen) atoms. The molecule has 3 aromatic carbocycles. The van der Waals surface area contributed by atoms with Crippen molar-refractivity contribution >= 4 is 28.5 Å². The molecule has 1 N–H and O–H groups in total. The summed E-state index contributed by atoms with van der Waals surface area (Å²) >= 11 is 0. The minimum absolute atomic E-state index is 0.164. The SMILES string of the molecule is CC[C@H]1O[C@@H](CO[Si](c2ccccc2)(c2ccccc2)C(C)(C)C)CCC(S(=O)(=O)c2ccc(C)cc2)C[C@@H]1O. The summed E-state index contributed by atoms with van der Waals surface area (Å²) in [5.41, 5.74) is 1.01. The average Bonchev–Trinajstić information content (AvgIpc) is 2.93. The zero-order chi connectivity index (χ0) is 29.0. The van der Waals surface area contributed by atoms with E-state index in [1.165, 1.54) is 10.4 Å². The Hall–Kier alpha value is -2.29. The fraction of sp³-hybridized carbons (Fsp3) is 0.455. The van der Waals surface area contributed by atoms with E-state index in [1.807, 2.05) is 38.1 Å². The molecular weight excluding hydrogens is 537 g/mol. The van der Waals surface area contributed by atoms with Crippen molar-refractivity contribution in [2.24, 2.45) is 0 Å². The fourth-order valence-electron chi connectivity index (χ4n) is 5.99. The molecule has 0 saturated carbocycles. The fourth-order valence-corrected chi connectivity index (χ4v) is 12.4. The normalized spacial score (nSPS) is 22.9. The van der Waals surface area contributed by atoms with Crippen LogP contribution in [-0.4, -0.2) is 52.0 Å². The van der Waals surface area contributed by atoms with E-state index < -0.39 is 35.6 Å². The van der Waals surface area contributed by atoms with Crippen molar-refractivity contribution in [2.75, 3.05) is 6.61 Å².